The van der Waals surface area contributed by atoms with Crippen molar-refractivity contribution in [3.63, 3.8) is 0 Å². The first-order chi connectivity index (χ1) is 7.00. The molecule has 0 saturated carbocycles. The lowest BCUT2D eigenvalue weighted by molar-refractivity contribution is 0.245. The maximum absolute atomic E-state index is 12.0. The standard InChI is InChI=1S/C10H13NO3S/c1-10(8-12)7-11(10)15(13,14)9-5-3-2-4-6-9/h2-6,12H,7-8H2,1H3. The molecule has 5 heteroatoms. The second-order valence-electron chi connectivity index (χ2n) is 3.98. The minimum absolute atomic E-state index is 0.140. The molecule has 1 aliphatic heterocycles. The maximum atomic E-state index is 12.0. The molecular weight excluding hydrogens is 214 g/mol. The number of hydrogen-bond donors (Lipinski definition) is 1. The highest BCUT2D eigenvalue weighted by Gasteiger charge is 2.55. The predicted octanol–water partition coefficient (Wildman–Crippen LogP) is 0.442. The fraction of sp³-hybridized carbons (Fsp3) is 0.400. The Morgan fingerprint density at radius 1 is 1.40 bits per heavy atom. The summed E-state index contributed by atoms with van der Waals surface area (Å²) in [6.07, 6.45) is 0. The largest absolute Gasteiger partial charge is 0.394 e. The minimum Gasteiger partial charge on any atom is -0.394 e. The molecule has 0 aliphatic carbocycles. The lowest BCUT2D eigenvalue weighted by Gasteiger charge is -2.09. The summed E-state index contributed by atoms with van der Waals surface area (Å²) in [7, 11) is -3.41. The molecular formula is C10H13NO3S. The summed E-state index contributed by atoms with van der Waals surface area (Å²) in [6, 6.07) is 8.27. The van der Waals surface area contributed by atoms with Crippen LogP contribution in [0.4, 0.5) is 0 Å². The van der Waals surface area contributed by atoms with E-state index in [0.29, 0.717) is 6.54 Å². The van der Waals surface area contributed by atoms with Gasteiger partial charge in [-0.25, -0.2) is 8.42 Å². The van der Waals surface area contributed by atoms with Crippen molar-refractivity contribution >= 4 is 10.0 Å². The van der Waals surface area contributed by atoms with E-state index in [0.717, 1.165) is 0 Å². The van der Waals surface area contributed by atoms with Crippen molar-refractivity contribution in [2.24, 2.45) is 0 Å². The fourth-order valence-corrected chi connectivity index (χ4v) is 3.34. The van der Waals surface area contributed by atoms with Crippen molar-refractivity contribution in [1.82, 2.24) is 4.31 Å². The Hall–Kier alpha value is -0.910. The number of benzene rings is 1. The van der Waals surface area contributed by atoms with Gasteiger partial charge in [-0.1, -0.05) is 18.2 Å². The molecule has 2 atom stereocenters. The smallest absolute Gasteiger partial charge is 0.243 e. The van der Waals surface area contributed by atoms with Gasteiger partial charge in [0.2, 0.25) is 10.0 Å². The van der Waals surface area contributed by atoms with E-state index in [4.69, 9.17) is 5.11 Å². The zero-order valence-electron chi connectivity index (χ0n) is 8.42. The van der Waals surface area contributed by atoms with Crippen LogP contribution in [0.25, 0.3) is 0 Å². The fourth-order valence-electron chi connectivity index (χ4n) is 1.50. The molecule has 82 valence electrons. The number of sulfonamides is 1. The summed E-state index contributed by atoms with van der Waals surface area (Å²) in [5.41, 5.74) is -0.603. The van der Waals surface area contributed by atoms with Gasteiger partial charge in [-0.15, -0.1) is 0 Å². The van der Waals surface area contributed by atoms with Gasteiger partial charge in [0.15, 0.2) is 0 Å². The van der Waals surface area contributed by atoms with Crippen LogP contribution in [0.2, 0.25) is 0 Å². The molecule has 0 bridgehead atoms. The Labute approximate surface area is 89.2 Å². The maximum Gasteiger partial charge on any atom is 0.243 e. The summed E-state index contributed by atoms with van der Waals surface area (Å²) in [6.45, 7) is 1.98. The van der Waals surface area contributed by atoms with Gasteiger partial charge in [0, 0.05) is 6.54 Å². The van der Waals surface area contributed by atoms with Crippen molar-refractivity contribution in [2.45, 2.75) is 17.4 Å². The highest BCUT2D eigenvalue weighted by molar-refractivity contribution is 7.89. The molecule has 0 spiro atoms. The molecule has 1 aromatic carbocycles. The molecule has 1 fully saturated rings. The zero-order chi connectivity index (χ0) is 11.1. The monoisotopic (exact) mass is 227 g/mol. The molecule has 1 saturated heterocycles. The Kier molecular flexibility index (Phi) is 2.33. The van der Waals surface area contributed by atoms with Gasteiger partial charge in [0.25, 0.3) is 0 Å². The Balaban J connectivity index is 2.32. The Bertz CT molecular complexity index is 457. The first-order valence-electron chi connectivity index (χ1n) is 4.69. The van der Waals surface area contributed by atoms with Crippen molar-refractivity contribution in [1.29, 1.82) is 0 Å². The van der Waals surface area contributed by atoms with Crippen molar-refractivity contribution < 1.29 is 13.5 Å². The van der Waals surface area contributed by atoms with Crippen LogP contribution in [-0.4, -0.2) is 36.5 Å². The molecule has 1 N–H and O–H groups in total. The van der Waals surface area contributed by atoms with Gasteiger partial charge in [0.05, 0.1) is 17.0 Å². The van der Waals surface area contributed by atoms with E-state index in [1.54, 1.807) is 37.3 Å². The van der Waals surface area contributed by atoms with Crippen LogP contribution in [-0.2, 0) is 10.0 Å². The molecule has 15 heavy (non-hydrogen) atoms. The topological polar surface area (TPSA) is 57.4 Å². The third-order valence-electron chi connectivity index (χ3n) is 2.65. The van der Waals surface area contributed by atoms with Crippen LogP contribution in [0.3, 0.4) is 0 Å². The molecule has 0 aromatic heterocycles. The van der Waals surface area contributed by atoms with Crippen LogP contribution in [0.1, 0.15) is 6.92 Å². The van der Waals surface area contributed by atoms with Crippen LogP contribution in [0, 0.1) is 0 Å². The molecule has 0 amide bonds. The SMILES string of the molecule is CC1(CO)CN1S(=O)(=O)c1ccccc1. The lowest BCUT2D eigenvalue weighted by Crippen LogP contribution is -2.24. The predicted molar refractivity (Wildman–Crippen MR) is 55.8 cm³/mol. The molecule has 4 nitrogen and oxygen atoms in total. The second kappa shape index (κ2) is 3.30. The van der Waals surface area contributed by atoms with E-state index in [1.807, 2.05) is 0 Å². The summed E-state index contributed by atoms with van der Waals surface area (Å²) in [5.74, 6) is 0. The van der Waals surface area contributed by atoms with Gasteiger partial charge in [-0.3, -0.25) is 0 Å². The normalized spacial score (nSPS) is 30.1. The summed E-state index contributed by atoms with van der Waals surface area (Å²) in [5, 5.41) is 9.04. The van der Waals surface area contributed by atoms with Crippen LogP contribution >= 0.6 is 0 Å². The average molecular weight is 227 g/mol. The summed E-state index contributed by atoms with van der Waals surface area (Å²) >= 11 is 0. The molecule has 1 aliphatic rings. The molecule has 2 unspecified atom stereocenters. The second-order valence-corrected chi connectivity index (χ2v) is 5.84. The van der Waals surface area contributed by atoms with E-state index in [-0.39, 0.29) is 11.5 Å². The molecule has 0 radical (unpaired) electrons. The number of hydrogen-bond acceptors (Lipinski definition) is 3. The number of nitrogens with zero attached hydrogens (tertiary/aromatic N) is 1. The highest BCUT2D eigenvalue weighted by Crippen LogP contribution is 2.37. The zero-order valence-corrected chi connectivity index (χ0v) is 9.24. The number of aliphatic hydroxyl groups excluding tert-OH is 1. The Morgan fingerprint density at radius 2 is 2.00 bits per heavy atom. The van der Waals surface area contributed by atoms with Crippen molar-refractivity contribution in [3.05, 3.63) is 30.3 Å². The van der Waals surface area contributed by atoms with Gasteiger partial charge in [-0.2, -0.15) is 4.31 Å². The van der Waals surface area contributed by atoms with E-state index in [1.165, 1.54) is 4.31 Å². The van der Waals surface area contributed by atoms with Gasteiger partial charge in [-0.05, 0) is 19.1 Å². The lowest BCUT2D eigenvalue weighted by atomic mass is 10.2. The van der Waals surface area contributed by atoms with E-state index >= 15 is 0 Å². The van der Waals surface area contributed by atoms with Gasteiger partial charge in [0.1, 0.15) is 0 Å². The van der Waals surface area contributed by atoms with E-state index < -0.39 is 15.6 Å². The van der Waals surface area contributed by atoms with Crippen molar-refractivity contribution in [2.75, 3.05) is 13.2 Å². The van der Waals surface area contributed by atoms with Crippen LogP contribution in [0.5, 0.6) is 0 Å². The minimum atomic E-state index is -3.41. The van der Waals surface area contributed by atoms with Crippen LogP contribution in [0.15, 0.2) is 35.2 Å². The molecule has 1 aromatic rings. The number of rotatable bonds is 3. The number of aliphatic hydroxyl groups is 1. The summed E-state index contributed by atoms with van der Waals surface area (Å²) in [4.78, 5) is 0.280. The third kappa shape index (κ3) is 1.67. The average Bonchev–Trinajstić information content (AvgIpc) is 2.94. The van der Waals surface area contributed by atoms with E-state index in [2.05, 4.69) is 0 Å². The van der Waals surface area contributed by atoms with Gasteiger partial charge < -0.3 is 5.11 Å². The summed E-state index contributed by atoms with van der Waals surface area (Å²) < 4.78 is 25.3. The highest BCUT2D eigenvalue weighted by atomic mass is 32.2. The first-order valence-corrected chi connectivity index (χ1v) is 6.13. The third-order valence-corrected chi connectivity index (χ3v) is 4.67. The van der Waals surface area contributed by atoms with E-state index in [9.17, 15) is 8.42 Å². The Morgan fingerprint density at radius 3 is 2.47 bits per heavy atom. The quantitative estimate of drug-likeness (QED) is 0.762. The molecule has 2 rings (SSSR count). The van der Waals surface area contributed by atoms with Gasteiger partial charge >= 0.3 is 0 Å². The van der Waals surface area contributed by atoms with Crippen molar-refractivity contribution in [3.8, 4) is 0 Å². The molecule has 1 heterocycles. The van der Waals surface area contributed by atoms with Crippen LogP contribution < -0.4 is 0 Å². The first kappa shape index (κ1) is 10.6.